The van der Waals surface area contributed by atoms with Crippen LogP contribution in [0.4, 0.5) is 22.0 Å². The Labute approximate surface area is 78.2 Å². The van der Waals surface area contributed by atoms with E-state index in [1.165, 1.54) is 0 Å². The molecule has 0 atom stereocenters. The van der Waals surface area contributed by atoms with E-state index >= 15 is 0 Å². The molecule has 0 bridgehead atoms. The van der Waals surface area contributed by atoms with Gasteiger partial charge in [-0.3, -0.25) is 0 Å². The quantitative estimate of drug-likeness (QED) is 0.310. The van der Waals surface area contributed by atoms with Crippen molar-refractivity contribution in [2.24, 2.45) is 0 Å². The molecule has 0 radical (unpaired) electrons. The Morgan fingerprint density at radius 2 is 1.14 bits per heavy atom. The van der Waals surface area contributed by atoms with Crippen LogP contribution in [0.25, 0.3) is 0 Å². The molecular formula is C7HF5OS. The third-order valence-corrected chi connectivity index (χ3v) is 1.74. The second-order valence-corrected chi connectivity index (χ2v) is 2.63. The van der Waals surface area contributed by atoms with Crippen molar-refractivity contribution in [3.8, 4) is 0 Å². The predicted molar refractivity (Wildman–Crippen MR) is 39.5 cm³/mol. The third-order valence-electron chi connectivity index (χ3n) is 1.41. The predicted octanol–water partition coefficient (Wildman–Crippen LogP) is 1.75. The fourth-order valence-corrected chi connectivity index (χ4v) is 1.08. The fraction of sp³-hybridized carbons (Fsp3) is 0. The van der Waals surface area contributed by atoms with Crippen molar-refractivity contribution in [1.29, 1.82) is 0 Å². The first-order valence-electron chi connectivity index (χ1n) is 3.14. The smallest absolute Gasteiger partial charge is 0.200 e. The van der Waals surface area contributed by atoms with E-state index in [1.54, 1.807) is 0 Å². The van der Waals surface area contributed by atoms with Gasteiger partial charge in [-0.1, -0.05) is 0 Å². The summed E-state index contributed by atoms with van der Waals surface area (Å²) in [7, 11) is 0. The highest BCUT2D eigenvalue weighted by atomic mass is 32.1. The molecule has 0 amide bonds. The van der Waals surface area contributed by atoms with Gasteiger partial charge in [0.1, 0.15) is 0 Å². The van der Waals surface area contributed by atoms with Crippen molar-refractivity contribution in [3.05, 3.63) is 34.6 Å². The summed E-state index contributed by atoms with van der Waals surface area (Å²) in [6, 6.07) is 0. The van der Waals surface area contributed by atoms with Gasteiger partial charge in [-0.25, -0.2) is 26.2 Å². The fourth-order valence-electron chi connectivity index (χ4n) is 0.773. The minimum atomic E-state index is -2.24. The van der Waals surface area contributed by atoms with E-state index in [4.69, 9.17) is 0 Å². The monoisotopic (exact) mass is 228 g/mol. The van der Waals surface area contributed by atoms with Gasteiger partial charge in [-0.05, 0) is 0 Å². The van der Waals surface area contributed by atoms with Crippen molar-refractivity contribution >= 4 is 16.6 Å². The largest absolute Gasteiger partial charge is 0.212 e. The van der Waals surface area contributed by atoms with Gasteiger partial charge in [-0.15, -0.1) is 0 Å². The van der Waals surface area contributed by atoms with E-state index in [9.17, 15) is 26.2 Å². The number of hydrogen-bond donors (Lipinski definition) is 0. The number of rotatable bonds is 1. The summed E-state index contributed by atoms with van der Waals surface area (Å²) in [5, 5.41) is 0.302. The van der Waals surface area contributed by atoms with Gasteiger partial charge in [0.2, 0.25) is 5.82 Å². The van der Waals surface area contributed by atoms with Gasteiger partial charge < -0.3 is 0 Å². The molecule has 7 heteroatoms. The zero-order valence-corrected chi connectivity index (χ0v) is 7.10. The van der Waals surface area contributed by atoms with Crippen LogP contribution in [-0.2, 0) is 11.3 Å². The molecule has 0 N–H and O–H groups in total. The van der Waals surface area contributed by atoms with Crippen LogP contribution in [0.3, 0.4) is 0 Å². The summed E-state index contributed by atoms with van der Waals surface area (Å²) < 4.78 is 72.5. The van der Waals surface area contributed by atoms with Crippen molar-refractivity contribution in [2.75, 3.05) is 0 Å². The molecular weight excluding hydrogens is 227 g/mol. The van der Waals surface area contributed by atoms with Crippen LogP contribution in [0, 0.1) is 29.1 Å². The average molecular weight is 228 g/mol. The van der Waals surface area contributed by atoms with Crippen LogP contribution < -0.4 is 0 Å². The molecule has 1 nitrogen and oxygen atoms in total. The van der Waals surface area contributed by atoms with Gasteiger partial charge in [-0.2, -0.15) is 0 Å². The summed E-state index contributed by atoms with van der Waals surface area (Å²) in [5.74, 6) is -10.4. The zero-order chi connectivity index (χ0) is 10.9. The van der Waals surface area contributed by atoms with Gasteiger partial charge in [0.15, 0.2) is 23.3 Å². The van der Waals surface area contributed by atoms with Crippen molar-refractivity contribution in [1.82, 2.24) is 0 Å². The highest BCUT2D eigenvalue weighted by Gasteiger charge is 2.24. The van der Waals surface area contributed by atoms with Crippen molar-refractivity contribution in [3.63, 3.8) is 0 Å². The maximum atomic E-state index is 12.7. The number of benzene rings is 1. The van der Waals surface area contributed by atoms with Gasteiger partial charge in [0.05, 0.1) is 16.8 Å². The molecule has 0 unspecified atom stereocenters. The Bertz CT molecular complexity index is 409. The molecule has 1 aromatic carbocycles. The summed E-state index contributed by atoms with van der Waals surface area (Å²) in [5.41, 5.74) is -1.22. The maximum absolute atomic E-state index is 12.7. The molecule has 0 spiro atoms. The van der Waals surface area contributed by atoms with Gasteiger partial charge >= 0.3 is 0 Å². The minimum absolute atomic E-state index is 0.302. The third kappa shape index (κ3) is 1.54. The Morgan fingerprint density at radius 1 is 0.786 bits per heavy atom. The van der Waals surface area contributed by atoms with E-state index in [1.807, 2.05) is 0 Å². The van der Waals surface area contributed by atoms with Crippen molar-refractivity contribution < 1.29 is 26.2 Å². The normalized spacial score (nSPS) is 10.1. The van der Waals surface area contributed by atoms with Crippen LogP contribution in [-0.4, -0.2) is 9.58 Å². The van der Waals surface area contributed by atoms with E-state index in [0.717, 1.165) is 0 Å². The van der Waals surface area contributed by atoms with E-state index in [-0.39, 0.29) is 0 Å². The number of hydrogen-bond acceptors (Lipinski definition) is 1. The number of halogens is 5. The first kappa shape index (κ1) is 10.8. The zero-order valence-electron chi connectivity index (χ0n) is 6.28. The van der Waals surface area contributed by atoms with E-state index < -0.39 is 45.9 Å². The molecule has 1 aromatic rings. The highest BCUT2D eigenvalue weighted by Crippen LogP contribution is 2.21. The Morgan fingerprint density at radius 3 is 1.50 bits per heavy atom. The van der Waals surface area contributed by atoms with Crippen molar-refractivity contribution in [2.45, 2.75) is 0 Å². The molecule has 0 aromatic heterocycles. The first-order chi connectivity index (χ1) is 6.50. The highest BCUT2D eigenvalue weighted by molar-refractivity contribution is 7.65. The summed E-state index contributed by atoms with van der Waals surface area (Å²) in [6.07, 6.45) is 0. The summed E-state index contributed by atoms with van der Waals surface area (Å²) in [6.45, 7) is 0. The van der Waals surface area contributed by atoms with Crippen LogP contribution >= 0.6 is 0 Å². The Balaban J connectivity index is 3.67. The molecule has 0 aliphatic carbocycles. The average Bonchev–Trinajstić information content (AvgIpc) is 2.19. The van der Waals surface area contributed by atoms with Gasteiger partial charge in [0.25, 0.3) is 0 Å². The van der Waals surface area contributed by atoms with Crippen LogP contribution in [0.2, 0.25) is 0 Å². The molecule has 1 rings (SSSR count). The lowest BCUT2D eigenvalue weighted by atomic mass is 10.2. The van der Waals surface area contributed by atoms with Crippen LogP contribution in [0.1, 0.15) is 5.56 Å². The SMILES string of the molecule is O=S=Cc1c(F)c(F)c(F)c(F)c1F. The lowest BCUT2D eigenvalue weighted by Gasteiger charge is -2.02. The molecule has 0 fully saturated rings. The lowest BCUT2D eigenvalue weighted by Crippen LogP contribution is -2.06. The van der Waals surface area contributed by atoms with Crippen LogP contribution in [0.5, 0.6) is 0 Å². The lowest BCUT2D eigenvalue weighted by molar-refractivity contribution is 0.377. The van der Waals surface area contributed by atoms with Gasteiger partial charge in [0, 0.05) is 5.37 Å². The molecule has 76 valence electrons. The first-order valence-corrected chi connectivity index (χ1v) is 3.94. The van der Waals surface area contributed by atoms with Crippen LogP contribution in [0.15, 0.2) is 0 Å². The second kappa shape index (κ2) is 3.87. The summed E-state index contributed by atoms with van der Waals surface area (Å²) in [4.78, 5) is 0. The topological polar surface area (TPSA) is 17.1 Å². The molecule has 14 heavy (non-hydrogen) atoms. The molecule has 0 aliphatic rings. The second-order valence-electron chi connectivity index (χ2n) is 2.20. The maximum Gasteiger partial charge on any atom is 0.200 e. The Hall–Kier alpha value is -1.24. The molecule has 0 saturated carbocycles. The Kier molecular flexibility index (Phi) is 3.00. The molecule has 0 heterocycles. The van der Waals surface area contributed by atoms with E-state index in [2.05, 4.69) is 0 Å². The molecule has 0 saturated heterocycles. The molecule has 0 aliphatic heterocycles. The minimum Gasteiger partial charge on any atom is -0.212 e. The van der Waals surface area contributed by atoms with E-state index in [0.29, 0.717) is 5.37 Å². The standard InChI is InChI=1S/C7HF5OS/c8-3-2(1-14-13)4(9)6(11)7(12)5(3)10/h1H. The summed E-state index contributed by atoms with van der Waals surface area (Å²) >= 11 is -0.404.